The maximum Gasteiger partial charge on any atom is 0.411 e. The summed E-state index contributed by atoms with van der Waals surface area (Å²) in [5.41, 5.74) is 1.49. The van der Waals surface area contributed by atoms with Crippen LogP contribution in [0.15, 0.2) is 63.1 Å². The Kier molecular flexibility index (Phi) is 6.71. The maximum absolute atomic E-state index is 12.5. The van der Waals surface area contributed by atoms with Crippen molar-refractivity contribution < 1.29 is 23.5 Å². The third-order valence-electron chi connectivity index (χ3n) is 4.52. The fourth-order valence-corrected chi connectivity index (χ4v) is 3.94. The van der Waals surface area contributed by atoms with Gasteiger partial charge in [-0.1, -0.05) is 23.7 Å². The number of carbonyl (C=O) groups excluding carboxylic acids is 2. The van der Waals surface area contributed by atoms with Gasteiger partial charge in [0.1, 0.15) is 17.2 Å². The van der Waals surface area contributed by atoms with Gasteiger partial charge in [-0.3, -0.25) is 5.32 Å². The van der Waals surface area contributed by atoms with Crippen LogP contribution in [0, 0.1) is 0 Å². The molecule has 8 nitrogen and oxygen atoms in total. The molecule has 4 aromatic rings. The SMILES string of the molecule is CCOC(=O)Nc1ccc2c(COC(=O)c3csc(-c4ccc(Cl)cc4)n3)cc(=O)oc2c1. The first-order valence-corrected chi connectivity index (χ1v) is 11.1. The summed E-state index contributed by atoms with van der Waals surface area (Å²) in [6, 6.07) is 13.2. The smallest absolute Gasteiger partial charge is 0.411 e. The molecule has 0 saturated carbocycles. The van der Waals surface area contributed by atoms with Crippen molar-refractivity contribution in [1.29, 1.82) is 0 Å². The number of thiazole rings is 1. The number of ether oxygens (including phenoxy) is 2. The molecule has 0 saturated heterocycles. The molecule has 1 amide bonds. The Labute approximate surface area is 196 Å². The van der Waals surface area contributed by atoms with Crippen LogP contribution >= 0.6 is 22.9 Å². The minimum atomic E-state index is -0.620. The predicted molar refractivity (Wildman–Crippen MR) is 125 cm³/mol. The zero-order chi connectivity index (χ0) is 23.4. The van der Waals surface area contributed by atoms with E-state index in [0.717, 1.165) is 5.56 Å². The summed E-state index contributed by atoms with van der Waals surface area (Å²) in [5, 5.41) is 5.98. The second-order valence-electron chi connectivity index (χ2n) is 6.77. The number of amides is 1. The van der Waals surface area contributed by atoms with Crippen LogP contribution < -0.4 is 10.9 Å². The molecule has 2 heterocycles. The van der Waals surface area contributed by atoms with Crippen LogP contribution in [0.5, 0.6) is 0 Å². The highest BCUT2D eigenvalue weighted by Crippen LogP contribution is 2.26. The topological polar surface area (TPSA) is 108 Å². The third-order valence-corrected chi connectivity index (χ3v) is 5.66. The summed E-state index contributed by atoms with van der Waals surface area (Å²) in [6.45, 7) is 1.76. The molecule has 4 rings (SSSR count). The van der Waals surface area contributed by atoms with Gasteiger partial charge in [-0.05, 0) is 31.2 Å². The highest BCUT2D eigenvalue weighted by atomic mass is 35.5. The van der Waals surface area contributed by atoms with Crippen molar-refractivity contribution in [2.24, 2.45) is 0 Å². The standard InChI is InChI=1S/C23H17ClN2O6S/c1-2-30-23(29)25-16-7-8-17-14(9-20(27)32-19(17)10-16)11-31-22(28)18-12-33-21(26-18)13-3-5-15(24)6-4-13/h3-10,12H,2,11H2,1H3,(H,25,29). The molecule has 0 bridgehead atoms. The van der Waals surface area contributed by atoms with Gasteiger partial charge in [-0.25, -0.2) is 19.4 Å². The van der Waals surface area contributed by atoms with Gasteiger partial charge in [-0.2, -0.15) is 0 Å². The Bertz CT molecular complexity index is 1380. The first kappa shape index (κ1) is 22.5. The van der Waals surface area contributed by atoms with Crippen LogP contribution in [0.2, 0.25) is 5.02 Å². The summed E-state index contributed by atoms with van der Waals surface area (Å²) < 4.78 is 15.5. The maximum atomic E-state index is 12.5. The van der Waals surface area contributed by atoms with Gasteiger partial charge in [0.15, 0.2) is 5.69 Å². The van der Waals surface area contributed by atoms with Gasteiger partial charge in [0.2, 0.25) is 0 Å². The molecule has 0 aliphatic rings. The monoisotopic (exact) mass is 484 g/mol. The van der Waals surface area contributed by atoms with E-state index in [2.05, 4.69) is 10.3 Å². The van der Waals surface area contributed by atoms with E-state index in [0.29, 0.717) is 26.7 Å². The van der Waals surface area contributed by atoms with E-state index < -0.39 is 17.7 Å². The first-order valence-electron chi connectivity index (χ1n) is 9.82. The van der Waals surface area contributed by atoms with E-state index in [1.807, 2.05) is 12.1 Å². The molecule has 2 aromatic heterocycles. The summed E-state index contributed by atoms with van der Waals surface area (Å²) in [6.07, 6.45) is -0.620. The fraction of sp³-hybridized carbons (Fsp3) is 0.130. The number of nitrogens with one attached hydrogen (secondary N) is 1. The average Bonchev–Trinajstić information content (AvgIpc) is 3.28. The Morgan fingerprint density at radius 1 is 1.12 bits per heavy atom. The lowest BCUT2D eigenvalue weighted by Crippen LogP contribution is -2.13. The molecule has 0 aliphatic heterocycles. The number of halogens is 1. The van der Waals surface area contributed by atoms with Crippen LogP contribution in [-0.4, -0.2) is 23.7 Å². The molecule has 0 spiro atoms. The molecule has 10 heteroatoms. The van der Waals surface area contributed by atoms with Crippen molar-refractivity contribution in [3.05, 3.63) is 80.6 Å². The molecule has 168 valence electrons. The Morgan fingerprint density at radius 3 is 2.67 bits per heavy atom. The predicted octanol–water partition coefficient (Wildman–Crippen LogP) is 5.50. The second-order valence-corrected chi connectivity index (χ2v) is 8.06. The number of benzene rings is 2. The molecular formula is C23H17ClN2O6S. The average molecular weight is 485 g/mol. The second kappa shape index (κ2) is 9.85. The van der Waals surface area contributed by atoms with Crippen molar-refractivity contribution in [2.75, 3.05) is 11.9 Å². The van der Waals surface area contributed by atoms with Crippen LogP contribution in [-0.2, 0) is 16.1 Å². The van der Waals surface area contributed by atoms with Crippen LogP contribution in [0.3, 0.4) is 0 Å². The molecule has 0 unspecified atom stereocenters. The summed E-state index contributed by atoms with van der Waals surface area (Å²) in [4.78, 5) is 40.4. The lowest BCUT2D eigenvalue weighted by molar-refractivity contribution is 0.0468. The van der Waals surface area contributed by atoms with E-state index in [4.69, 9.17) is 25.5 Å². The minimum Gasteiger partial charge on any atom is -0.456 e. The Balaban J connectivity index is 1.49. The quantitative estimate of drug-likeness (QED) is 0.284. The van der Waals surface area contributed by atoms with Gasteiger partial charge in [0, 0.05) is 44.7 Å². The normalized spacial score (nSPS) is 10.7. The lowest BCUT2D eigenvalue weighted by atomic mass is 10.1. The lowest BCUT2D eigenvalue weighted by Gasteiger charge is -2.09. The van der Waals surface area contributed by atoms with Gasteiger partial charge in [0.05, 0.1) is 6.61 Å². The van der Waals surface area contributed by atoms with Gasteiger partial charge in [-0.15, -0.1) is 11.3 Å². The third kappa shape index (κ3) is 5.39. The van der Waals surface area contributed by atoms with Crippen molar-refractivity contribution in [3.8, 4) is 10.6 Å². The van der Waals surface area contributed by atoms with Gasteiger partial charge >= 0.3 is 17.7 Å². The number of rotatable bonds is 6. The van der Waals surface area contributed by atoms with Crippen molar-refractivity contribution in [3.63, 3.8) is 0 Å². The van der Waals surface area contributed by atoms with Crippen molar-refractivity contribution >= 4 is 51.7 Å². The van der Waals surface area contributed by atoms with Crippen molar-refractivity contribution in [2.45, 2.75) is 13.5 Å². The highest BCUT2D eigenvalue weighted by Gasteiger charge is 2.15. The van der Waals surface area contributed by atoms with E-state index in [9.17, 15) is 14.4 Å². The fourth-order valence-electron chi connectivity index (χ4n) is 3.02. The van der Waals surface area contributed by atoms with E-state index in [-0.39, 0.29) is 24.5 Å². The molecule has 1 N–H and O–H groups in total. The summed E-state index contributed by atoms with van der Waals surface area (Å²) >= 11 is 7.21. The van der Waals surface area contributed by atoms with Crippen LogP contribution in [0.1, 0.15) is 23.0 Å². The molecule has 2 aromatic carbocycles. The number of anilines is 1. The Morgan fingerprint density at radius 2 is 1.91 bits per heavy atom. The molecule has 0 aliphatic carbocycles. The van der Waals surface area contributed by atoms with Crippen LogP contribution in [0.4, 0.5) is 10.5 Å². The zero-order valence-electron chi connectivity index (χ0n) is 17.3. The van der Waals surface area contributed by atoms with Crippen LogP contribution in [0.25, 0.3) is 21.5 Å². The largest absolute Gasteiger partial charge is 0.456 e. The number of esters is 1. The van der Waals surface area contributed by atoms with E-state index in [1.54, 1.807) is 36.6 Å². The van der Waals surface area contributed by atoms with E-state index >= 15 is 0 Å². The highest BCUT2D eigenvalue weighted by molar-refractivity contribution is 7.13. The molecule has 0 radical (unpaired) electrons. The summed E-state index contributed by atoms with van der Waals surface area (Å²) in [5.74, 6) is -0.617. The Hall–Kier alpha value is -3.69. The first-order chi connectivity index (χ1) is 15.9. The van der Waals surface area contributed by atoms with Crippen molar-refractivity contribution in [1.82, 2.24) is 4.98 Å². The number of carbonyl (C=O) groups is 2. The number of aromatic nitrogens is 1. The van der Waals surface area contributed by atoms with Gasteiger partial charge < -0.3 is 13.9 Å². The summed E-state index contributed by atoms with van der Waals surface area (Å²) in [7, 11) is 0. The van der Waals surface area contributed by atoms with Gasteiger partial charge in [0.25, 0.3) is 0 Å². The number of hydrogen-bond donors (Lipinski definition) is 1. The molecule has 0 atom stereocenters. The number of fused-ring (bicyclic) bond motifs is 1. The molecule has 0 fully saturated rings. The molecule has 33 heavy (non-hydrogen) atoms. The van der Waals surface area contributed by atoms with E-state index in [1.165, 1.54) is 23.5 Å². The minimum absolute atomic E-state index is 0.153. The number of hydrogen-bond acceptors (Lipinski definition) is 8. The molecular weight excluding hydrogens is 468 g/mol. The zero-order valence-corrected chi connectivity index (χ0v) is 18.9. The number of nitrogens with zero attached hydrogens (tertiary/aromatic N) is 1.